The Morgan fingerprint density at radius 3 is 2.80 bits per heavy atom. The van der Waals surface area contributed by atoms with E-state index in [1.165, 1.54) is 0 Å². The Bertz CT molecular complexity index is 1510. The predicted molar refractivity (Wildman–Crippen MR) is 151 cm³/mol. The fourth-order valence-electron chi connectivity index (χ4n) is 6.06. The van der Waals surface area contributed by atoms with Gasteiger partial charge < -0.3 is 24.5 Å². The van der Waals surface area contributed by atoms with Gasteiger partial charge in [0.15, 0.2) is 11.2 Å². The van der Waals surface area contributed by atoms with Gasteiger partial charge in [-0.25, -0.2) is 14.4 Å². The lowest BCUT2D eigenvalue weighted by Crippen LogP contribution is -2.47. The number of nitrogens with zero attached hydrogens (tertiary/aromatic N) is 4. The topological polar surface area (TPSA) is 102 Å². The number of halogens is 2. The first-order chi connectivity index (χ1) is 19.2. The van der Waals surface area contributed by atoms with Crippen molar-refractivity contribution < 1.29 is 19.0 Å². The predicted octanol–water partition coefficient (Wildman–Crippen LogP) is 4.07. The Labute approximate surface area is 237 Å². The molecular formula is C29H35ClFN5O4. The number of fused-ring (bicyclic) bond motifs is 1. The number of aromatic nitrogens is 3. The Morgan fingerprint density at radius 1 is 1.27 bits per heavy atom. The van der Waals surface area contributed by atoms with Crippen molar-refractivity contribution in [2.45, 2.75) is 70.3 Å². The third-order valence-electron chi connectivity index (χ3n) is 8.54. The van der Waals surface area contributed by atoms with Crippen molar-refractivity contribution in [3.8, 4) is 11.3 Å². The first-order valence-electron chi connectivity index (χ1n) is 13.9. The molecule has 0 radical (unpaired) electrons. The molecule has 2 aliphatic heterocycles. The van der Waals surface area contributed by atoms with Crippen molar-refractivity contribution in [1.29, 1.82) is 0 Å². The molecule has 214 valence electrons. The Hall–Kier alpha value is -2.63. The molecule has 1 spiro atoms. The molecule has 1 saturated carbocycles. The minimum Gasteiger partial charge on any atom is -0.389 e. The number of rotatable bonds is 6. The van der Waals surface area contributed by atoms with Gasteiger partial charge >= 0.3 is 0 Å². The summed E-state index contributed by atoms with van der Waals surface area (Å²) in [5, 5.41) is 14.1. The monoisotopic (exact) mass is 571 g/mol. The summed E-state index contributed by atoms with van der Waals surface area (Å²) < 4.78 is 28.4. The summed E-state index contributed by atoms with van der Waals surface area (Å²) in [6.07, 6.45) is 3.12. The maximum absolute atomic E-state index is 15.2. The molecule has 11 heteroatoms. The van der Waals surface area contributed by atoms with Gasteiger partial charge in [-0.2, -0.15) is 0 Å². The summed E-state index contributed by atoms with van der Waals surface area (Å²) in [7, 11) is 0. The van der Waals surface area contributed by atoms with E-state index in [0.29, 0.717) is 54.8 Å². The van der Waals surface area contributed by atoms with Crippen LogP contribution in [0.4, 0.5) is 10.3 Å². The second-order valence-corrected chi connectivity index (χ2v) is 11.8. The molecule has 1 aromatic carbocycles. The molecule has 9 nitrogen and oxygen atoms in total. The second-order valence-electron chi connectivity index (χ2n) is 11.5. The van der Waals surface area contributed by atoms with E-state index in [9.17, 15) is 9.90 Å². The van der Waals surface area contributed by atoms with Gasteiger partial charge in [-0.1, -0.05) is 17.7 Å². The van der Waals surface area contributed by atoms with Crippen LogP contribution in [0.1, 0.15) is 50.4 Å². The number of aliphatic hydroxyl groups is 1. The molecule has 0 amide bonds. The van der Waals surface area contributed by atoms with E-state index in [1.54, 1.807) is 12.1 Å². The molecule has 2 aromatic heterocycles. The van der Waals surface area contributed by atoms with Crippen LogP contribution in [-0.4, -0.2) is 75.2 Å². The van der Waals surface area contributed by atoms with Gasteiger partial charge in [-0.3, -0.25) is 9.69 Å². The smallest absolute Gasteiger partial charge is 0.223 e. The van der Waals surface area contributed by atoms with Crippen molar-refractivity contribution in [3.63, 3.8) is 0 Å². The summed E-state index contributed by atoms with van der Waals surface area (Å²) in [6.45, 7) is 9.52. The zero-order valence-corrected chi connectivity index (χ0v) is 23.8. The van der Waals surface area contributed by atoms with Crippen molar-refractivity contribution in [1.82, 2.24) is 19.4 Å². The average molecular weight is 572 g/mol. The van der Waals surface area contributed by atoms with Crippen LogP contribution in [0, 0.1) is 12.7 Å². The highest BCUT2D eigenvalue weighted by Gasteiger charge is 2.50. The van der Waals surface area contributed by atoms with Crippen LogP contribution in [0.2, 0.25) is 5.02 Å². The minimum atomic E-state index is -0.724. The molecule has 1 aliphatic carbocycles. The largest absolute Gasteiger partial charge is 0.389 e. The Morgan fingerprint density at radius 2 is 2.08 bits per heavy atom. The lowest BCUT2D eigenvalue weighted by atomic mass is 10.0. The fraction of sp³-hybridized carbons (Fsp3) is 0.552. The third kappa shape index (κ3) is 4.79. The molecule has 2 N–H and O–H groups in total. The highest BCUT2D eigenvalue weighted by Crippen LogP contribution is 2.45. The van der Waals surface area contributed by atoms with E-state index in [-0.39, 0.29) is 46.3 Å². The molecule has 2 saturated heterocycles. The van der Waals surface area contributed by atoms with E-state index in [0.717, 1.165) is 31.3 Å². The molecule has 6 rings (SSSR count). The number of morpholine rings is 1. The van der Waals surface area contributed by atoms with Gasteiger partial charge in [0.05, 0.1) is 48.7 Å². The van der Waals surface area contributed by atoms with E-state index in [4.69, 9.17) is 21.1 Å². The maximum Gasteiger partial charge on any atom is 0.223 e. The van der Waals surface area contributed by atoms with Gasteiger partial charge in [0.25, 0.3) is 0 Å². The van der Waals surface area contributed by atoms with Gasteiger partial charge in [0.1, 0.15) is 5.69 Å². The summed E-state index contributed by atoms with van der Waals surface area (Å²) in [4.78, 5) is 24.6. The van der Waals surface area contributed by atoms with Gasteiger partial charge in [-0.15, -0.1) is 0 Å². The molecule has 0 unspecified atom stereocenters. The van der Waals surface area contributed by atoms with Crippen LogP contribution in [0.15, 0.2) is 23.1 Å². The fourth-order valence-corrected chi connectivity index (χ4v) is 6.41. The van der Waals surface area contributed by atoms with Crippen LogP contribution >= 0.6 is 11.6 Å². The van der Waals surface area contributed by atoms with Crippen LogP contribution in [0.3, 0.4) is 0 Å². The Balaban J connectivity index is 1.46. The minimum absolute atomic E-state index is 0.0109. The molecule has 0 bridgehead atoms. The average Bonchev–Trinajstić information content (AvgIpc) is 3.71. The van der Waals surface area contributed by atoms with Gasteiger partial charge in [-0.05, 0) is 46.1 Å². The van der Waals surface area contributed by atoms with Crippen molar-refractivity contribution in [2.24, 2.45) is 0 Å². The first kappa shape index (κ1) is 27.5. The van der Waals surface area contributed by atoms with Crippen LogP contribution < -0.4 is 10.7 Å². The summed E-state index contributed by atoms with van der Waals surface area (Å²) >= 11 is 7.07. The molecule has 3 fully saturated rings. The Kier molecular flexibility index (Phi) is 7.33. The second kappa shape index (κ2) is 10.6. The molecular weight excluding hydrogens is 537 g/mol. The third-order valence-corrected chi connectivity index (χ3v) is 8.92. The molecule has 3 aliphatic rings. The lowest BCUT2D eigenvalue weighted by Gasteiger charge is -2.37. The number of pyridine rings is 1. The highest BCUT2D eigenvalue weighted by molar-refractivity contribution is 6.37. The van der Waals surface area contributed by atoms with E-state index in [1.807, 2.05) is 6.92 Å². The quantitative estimate of drug-likeness (QED) is 0.457. The lowest BCUT2D eigenvalue weighted by molar-refractivity contribution is -0.0256. The number of ether oxygens (including phenoxy) is 2. The number of nitrogens with one attached hydrogen (secondary N) is 1. The number of aliphatic hydroxyl groups excluding tert-OH is 1. The zero-order valence-electron chi connectivity index (χ0n) is 23.0. The van der Waals surface area contributed by atoms with E-state index < -0.39 is 11.9 Å². The molecule has 40 heavy (non-hydrogen) atoms. The SMILES string of the molecule is Cc1c(CN2CCOCC23CC3)n(C(C)C)c2c(Cl)c(-c3nc(N[C@@H]4CCOC[C@H]4O)ncc3F)ccc2c1=O. The van der Waals surface area contributed by atoms with Gasteiger partial charge in [0, 0.05) is 53.5 Å². The number of hydrogen-bond acceptors (Lipinski definition) is 8. The van der Waals surface area contributed by atoms with E-state index >= 15 is 4.39 Å². The maximum atomic E-state index is 15.2. The summed E-state index contributed by atoms with van der Waals surface area (Å²) in [6, 6.07) is 3.03. The molecule has 3 aromatic rings. The number of anilines is 1. The highest BCUT2D eigenvalue weighted by atomic mass is 35.5. The van der Waals surface area contributed by atoms with Gasteiger partial charge in [0.2, 0.25) is 5.95 Å². The van der Waals surface area contributed by atoms with Crippen LogP contribution in [0.25, 0.3) is 22.2 Å². The normalized spacial score (nSPS) is 22.8. The summed E-state index contributed by atoms with van der Waals surface area (Å²) in [5.74, 6) is -0.444. The van der Waals surface area contributed by atoms with Crippen LogP contribution in [0.5, 0.6) is 0 Å². The van der Waals surface area contributed by atoms with Crippen molar-refractivity contribution in [2.75, 3.05) is 38.3 Å². The standard InChI is InChI=1S/C29H35ClFN5O4/c1-16(2)36-22(13-35-9-11-40-15-29(35)7-8-29)17(3)27(38)19-5-4-18(24(30)26(19)36)25-20(31)12-32-28(34-25)33-21-6-10-39-14-23(21)37/h4-5,12,16,21,23,37H,6-11,13-15H2,1-3H3,(H,32,33,34)/t21-,23-/m1/s1. The summed E-state index contributed by atoms with van der Waals surface area (Å²) in [5.41, 5.74) is 2.56. The van der Waals surface area contributed by atoms with E-state index in [2.05, 4.69) is 38.6 Å². The molecule has 4 heterocycles. The van der Waals surface area contributed by atoms with Crippen molar-refractivity contribution in [3.05, 3.63) is 50.7 Å². The van der Waals surface area contributed by atoms with Crippen LogP contribution in [-0.2, 0) is 16.0 Å². The first-order valence-corrected chi connectivity index (χ1v) is 14.3. The van der Waals surface area contributed by atoms with Crippen molar-refractivity contribution >= 4 is 28.5 Å². The number of hydrogen-bond donors (Lipinski definition) is 2. The zero-order chi connectivity index (χ0) is 28.2. The number of benzene rings is 1. The molecule has 2 atom stereocenters.